The molecular weight excluding hydrogens is 318 g/mol. The summed E-state index contributed by atoms with van der Waals surface area (Å²) in [4.78, 5) is 47.6. The second-order valence-electron chi connectivity index (χ2n) is 5.06. The van der Waals surface area contributed by atoms with Crippen LogP contribution in [0.4, 0.5) is 8.78 Å². The lowest BCUT2D eigenvalue weighted by Crippen LogP contribution is -2.68. The van der Waals surface area contributed by atoms with E-state index in [-0.39, 0.29) is 0 Å². The minimum Gasteiger partial charge on any atom is -0.472 e. The number of ketones is 1. The number of nitrogens with zero attached hydrogens (tertiary/aromatic N) is 2. The average Bonchev–Trinajstić information content (AvgIpc) is 2.43. The van der Waals surface area contributed by atoms with Gasteiger partial charge in [-0.25, -0.2) is 4.79 Å². The normalized spacial score (nSPS) is 22.2. The summed E-state index contributed by atoms with van der Waals surface area (Å²) >= 11 is 0. The number of carboxylic acid groups (broad SMARTS) is 1. The third kappa shape index (κ3) is 3.75. The number of aliphatic carboxylic acids is 1. The van der Waals surface area contributed by atoms with Crippen molar-refractivity contribution < 1.29 is 37.9 Å². The molecule has 0 saturated carbocycles. The van der Waals surface area contributed by atoms with Gasteiger partial charge in [0.05, 0.1) is 12.0 Å². The number of rotatable bonds is 7. The van der Waals surface area contributed by atoms with Crippen LogP contribution in [0.2, 0.25) is 0 Å². The fourth-order valence-electron chi connectivity index (χ4n) is 2.34. The first-order chi connectivity index (χ1) is 10.6. The van der Waals surface area contributed by atoms with Crippen LogP contribution in [0.5, 0.6) is 0 Å². The highest BCUT2D eigenvalue weighted by atomic mass is 19.3. The standard InChI is InChI=1S/C12H14F2N4O5/c1-3(8(19)7(18-15)12(22)23)6-5(10(20)17-6)4(2)16-11(21)9(13)14/h3-6,9H,1-2H3,(H,16,21)(H,17,20)(H,22,23)/t3-,4-,5-,6-/m1/s1. The van der Waals surface area contributed by atoms with Gasteiger partial charge in [-0.1, -0.05) is 6.92 Å². The zero-order valence-corrected chi connectivity index (χ0v) is 12.1. The number of amides is 2. The second kappa shape index (κ2) is 7.05. The largest absolute Gasteiger partial charge is 0.472 e. The van der Waals surface area contributed by atoms with Gasteiger partial charge in [0.2, 0.25) is 5.91 Å². The van der Waals surface area contributed by atoms with Crippen LogP contribution in [0.1, 0.15) is 13.8 Å². The molecule has 0 aliphatic carbocycles. The van der Waals surface area contributed by atoms with Crippen LogP contribution < -0.4 is 10.6 Å². The number of hydrogen-bond donors (Lipinski definition) is 3. The lowest BCUT2D eigenvalue weighted by Gasteiger charge is -2.42. The summed E-state index contributed by atoms with van der Waals surface area (Å²) in [6.07, 6.45) is -3.25. The molecule has 11 heteroatoms. The molecular formula is C12H14F2N4O5. The Kier molecular flexibility index (Phi) is 5.63. The summed E-state index contributed by atoms with van der Waals surface area (Å²) in [6, 6.07) is -1.89. The number of nitrogens with one attached hydrogen (secondary N) is 2. The fourth-order valence-corrected chi connectivity index (χ4v) is 2.34. The van der Waals surface area contributed by atoms with Crippen molar-refractivity contribution in [3.05, 3.63) is 5.53 Å². The second-order valence-corrected chi connectivity index (χ2v) is 5.06. The van der Waals surface area contributed by atoms with Crippen molar-refractivity contribution in [2.45, 2.75) is 32.4 Å². The van der Waals surface area contributed by atoms with Gasteiger partial charge in [-0.3, -0.25) is 14.4 Å². The number of halogens is 2. The smallest absolute Gasteiger partial charge is 0.441 e. The number of hydrogen-bond acceptors (Lipinski definition) is 4. The SMILES string of the molecule is C[C@@H](NC(=O)C(F)F)[C@H]1C(=O)N[C@@H]1[C@@H](C)C(=O)C(=[N+]=[N-])C(=O)O. The van der Waals surface area contributed by atoms with Gasteiger partial charge < -0.3 is 21.3 Å². The Hall–Kier alpha value is -2.68. The molecule has 1 aliphatic rings. The molecule has 0 radical (unpaired) electrons. The van der Waals surface area contributed by atoms with Gasteiger partial charge in [0.1, 0.15) is 0 Å². The quantitative estimate of drug-likeness (QED) is 0.177. The van der Waals surface area contributed by atoms with Gasteiger partial charge in [-0.15, -0.1) is 0 Å². The minimum atomic E-state index is -3.25. The summed E-state index contributed by atoms with van der Waals surface area (Å²) in [6.45, 7) is 2.60. The van der Waals surface area contributed by atoms with Crippen LogP contribution in [0.25, 0.3) is 5.53 Å². The van der Waals surface area contributed by atoms with Gasteiger partial charge in [0.25, 0.3) is 11.7 Å². The molecule has 126 valence electrons. The highest BCUT2D eigenvalue weighted by Gasteiger charge is 2.50. The van der Waals surface area contributed by atoms with Crippen LogP contribution in [0.3, 0.4) is 0 Å². The van der Waals surface area contributed by atoms with Crippen molar-refractivity contribution >= 4 is 29.3 Å². The summed E-state index contributed by atoms with van der Waals surface area (Å²) in [5.74, 6) is -7.00. The predicted octanol–water partition coefficient (Wildman–Crippen LogP) is -1.17. The Labute approximate surface area is 128 Å². The van der Waals surface area contributed by atoms with Gasteiger partial charge in [-0.05, 0) is 6.92 Å². The van der Waals surface area contributed by atoms with Gasteiger partial charge in [0.15, 0.2) is 0 Å². The van der Waals surface area contributed by atoms with Crippen LogP contribution >= 0.6 is 0 Å². The fraction of sp³-hybridized carbons (Fsp3) is 0.583. The third-order valence-electron chi connectivity index (χ3n) is 3.59. The van der Waals surface area contributed by atoms with Crippen LogP contribution in [0.15, 0.2) is 0 Å². The molecule has 0 unspecified atom stereocenters. The number of β-lactam (4-membered cyclic amide) rings is 1. The van der Waals surface area contributed by atoms with Crippen molar-refractivity contribution in [1.29, 1.82) is 0 Å². The molecule has 0 aromatic rings. The summed E-state index contributed by atoms with van der Waals surface area (Å²) in [5.41, 5.74) is 7.44. The molecule has 0 spiro atoms. The highest BCUT2D eigenvalue weighted by molar-refractivity contribution is 6.62. The van der Waals surface area contributed by atoms with E-state index in [1.807, 2.05) is 5.32 Å². The first-order valence-electron chi connectivity index (χ1n) is 6.50. The lowest BCUT2D eigenvalue weighted by molar-refractivity contribution is -0.142. The summed E-state index contributed by atoms with van der Waals surface area (Å²) < 4.78 is 24.4. The number of carboxylic acids is 1. The van der Waals surface area contributed by atoms with Crippen molar-refractivity contribution in [2.24, 2.45) is 11.8 Å². The van der Waals surface area contributed by atoms with E-state index in [4.69, 9.17) is 10.6 Å². The monoisotopic (exact) mass is 332 g/mol. The van der Waals surface area contributed by atoms with Gasteiger partial charge in [-0.2, -0.15) is 13.6 Å². The first-order valence-corrected chi connectivity index (χ1v) is 6.50. The summed E-state index contributed by atoms with van der Waals surface area (Å²) in [7, 11) is 0. The molecule has 1 aliphatic heterocycles. The number of carbonyl (C=O) groups excluding carboxylic acids is 3. The van der Waals surface area contributed by atoms with Crippen molar-refractivity contribution in [2.75, 3.05) is 0 Å². The molecule has 1 heterocycles. The van der Waals surface area contributed by atoms with Crippen LogP contribution in [-0.4, -0.2) is 57.7 Å². The Balaban J connectivity index is 2.86. The number of alkyl halides is 2. The Morgan fingerprint density at radius 2 is 1.91 bits per heavy atom. The molecule has 3 N–H and O–H groups in total. The molecule has 2 amide bonds. The van der Waals surface area contributed by atoms with E-state index in [1.165, 1.54) is 13.8 Å². The molecule has 0 aromatic carbocycles. The maximum atomic E-state index is 12.2. The van der Waals surface area contributed by atoms with Crippen LogP contribution in [0, 0.1) is 11.8 Å². The Morgan fingerprint density at radius 3 is 2.30 bits per heavy atom. The van der Waals surface area contributed by atoms with E-state index in [0.717, 1.165) is 0 Å². The predicted molar refractivity (Wildman–Crippen MR) is 69.5 cm³/mol. The number of carbonyl (C=O) groups is 4. The molecule has 1 rings (SSSR count). The summed E-state index contributed by atoms with van der Waals surface area (Å²) in [5, 5.41) is 13.0. The molecule has 1 saturated heterocycles. The van der Waals surface area contributed by atoms with E-state index < -0.39 is 59.6 Å². The maximum Gasteiger partial charge on any atom is 0.441 e. The van der Waals surface area contributed by atoms with Crippen LogP contribution in [-0.2, 0) is 19.2 Å². The third-order valence-corrected chi connectivity index (χ3v) is 3.59. The zero-order chi connectivity index (χ0) is 17.9. The molecule has 1 fully saturated rings. The Morgan fingerprint density at radius 1 is 1.35 bits per heavy atom. The highest BCUT2D eigenvalue weighted by Crippen LogP contribution is 2.26. The first kappa shape index (κ1) is 18.4. The lowest BCUT2D eigenvalue weighted by atomic mass is 9.75. The van der Waals surface area contributed by atoms with E-state index in [2.05, 4.69) is 10.1 Å². The Bertz CT molecular complexity index is 602. The van der Waals surface area contributed by atoms with E-state index in [9.17, 15) is 28.0 Å². The molecule has 9 nitrogen and oxygen atoms in total. The molecule has 23 heavy (non-hydrogen) atoms. The minimum absolute atomic E-state index is 0.575. The van der Waals surface area contributed by atoms with Gasteiger partial charge in [0, 0.05) is 12.0 Å². The van der Waals surface area contributed by atoms with Crippen molar-refractivity contribution in [3.63, 3.8) is 0 Å². The molecule has 4 atom stereocenters. The zero-order valence-electron chi connectivity index (χ0n) is 12.1. The van der Waals surface area contributed by atoms with Crippen molar-refractivity contribution in [1.82, 2.24) is 10.6 Å². The number of Topliss-reactive ketones (excluding diaryl/α,β-unsaturated/α-hetero) is 1. The topological polar surface area (TPSA) is 149 Å². The average molecular weight is 332 g/mol. The maximum absolute atomic E-state index is 12.2. The molecule has 0 bridgehead atoms. The van der Waals surface area contributed by atoms with E-state index >= 15 is 0 Å². The molecule has 0 aromatic heterocycles. The van der Waals surface area contributed by atoms with Crippen molar-refractivity contribution in [3.8, 4) is 0 Å². The van der Waals surface area contributed by atoms with E-state index in [1.54, 1.807) is 0 Å². The van der Waals surface area contributed by atoms with Gasteiger partial charge >= 0.3 is 18.1 Å². The van der Waals surface area contributed by atoms with E-state index in [0.29, 0.717) is 0 Å².